The molecule has 0 radical (unpaired) electrons. The second-order valence-corrected chi connectivity index (χ2v) is 6.86. The van der Waals surface area contributed by atoms with Crippen LogP contribution in [0.2, 0.25) is 0 Å². The van der Waals surface area contributed by atoms with Gasteiger partial charge in [0.15, 0.2) is 0 Å². The Morgan fingerprint density at radius 1 is 1.24 bits per heavy atom. The van der Waals surface area contributed by atoms with Crippen molar-refractivity contribution in [2.45, 2.75) is 65.5 Å². The first-order valence-electron chi connectivity index (χ1n) is 8.61. The minimum absolute atomic E-state index is 0.219. The zero-order valence-electron chi connectivity index (χ0n) is 14.2. The van der Waals surface area contributed by atoms with Crippen LogP contribution in [0.25, 0.3) is 0 Å². The summed E-state index contributed by atoms with van der Waals surface area (Å²) in [5.74, 6) is 0. The van der Waals surface area contributed by atoms with E-state index in [0.717, 1.165) is 6.42 Å². The topological polar surface area (TPSA) is 29.3 Å². The van der Waals surface area contributed by atoms with Crippen molar-refractivity contribution in [1.82, 2.24) is 4.90 Å². The molecule has 1 saturated heterocycles. The van der Waals surface area contributed by atoms with E-state index in [2.05, 4.69) is 56.9 Å². The predicted molar refractivity (Wildman–Crippen MR) is 91.4 cm³/mol. The summed E-state index contributed by atoms with van der Waals surface area (Å²) in [6.07, 6.45) is 4.91. The van der Waals surface area contributed by atoms with E-state index in [1.54, 1.807) is 0 Å². The highest BCUT2D eigenvalue weighted by Gasteiger charge is 2.39. The Kier molecular flexibility index (Phi) is 5.45. The number of hydrogen-bond donors (Lipinski definition) is 1. The van der Waals surface area contributed by atoms with Gasteiger partial charge >= 0.3 is 0 Å². The molecule has 0 spiro atoms. The van der Waals surface area contributed by atoms with Gasteiger partial charge in [0.25, 0.3) is 0 Å². The van der Waals surface area contributed by atoms with Crippen molar-refractivity contribution in [3.05, 3.63) is 35.4 Å². The summed E-state index contributed by atoms with van der Waals surface area (Å²) in [6, 6.07) is 9.50. The lowest BCUT2D eigenvalue weighted by molar-refractivity contribution is 0.172. The first kappa shape index (κ1) is 16.5. The van der Waals surface area contributed by atoms with Crippen molar-refractivity contribution < 1.29 is 0 Å². The molecule has 1 heterocycles. The molecule has 2 heteroatoms. The van der Waals surface area contributed by atoms with Crippen LogP contribution in [0.5, 0.6) is 0 Å². The second kappa shape index (κ2) is 6.93. The maximum absolute atomic E-state index is 6.51. The normalized spacial score (nSPS) is 21.4. The van der Waals surface area contributed by atoms with Crippen molar-refractivity contribution in [1.29, 1.82) is 0 Å². The molecular formula is C19H32N2. The Labute approximate surface area is 130 Å². The summed E-state index contributed by atoms with van der Waals surface area (Å²) >= 11 is 0. The summed E-state index contributed by atoms with van der Waals surface area (Å²) in [5, 5.41) is 0. The fraction of sp³-hybridized carbons (Fsp3) is 0.684. The first-order chi connectivity index (χ1) is 10.0. The summed E-state index contributed by atoms with van der Waals surface area (Å²) < 4.78 is 0. The molecule has 1 aromatic carbocycles. The number of rotatable bonds is 6. The Balaban J connectivity index is 2.26. The summed E-state index contributed by atoms with van der Waals surface area (Å²) in [7, 11) is 0. The van der Waals surface area contributed by atoms with Gasteiger partial charge in [-0.2, -0.15) is 0 Å². The summed E-state index contributed by atoms with van der Waals surface area (Å²) in [6.45, 7) is 11.4. The largest absolute Gasteiger partial charge is 0.326 e. The quantitative estimate of drug-likeness (QED) is 0.846. The van der Waals surface area contributed by atoms with Gasteiger partial charge < -0.3 is 5.73 Å². The third-order valence-electron chi connectivity index (χ3n) is 5.62. The average molecular weight is 288 g/mol. The minimum Gasteiger partial charge on any atom is -0.326 e. The van der Waals surface area contributed by atoms with Gasteiger partial charge in [0.1, 0.15) is 0 Å². The molecule has 0 saturated carbocycles. The molecule has 21 heavy (non-hydrogen) atoms. The fourth-order valence-corrected chi connectivity index (χ4v) is 3.84. The van der Waals surface area contributed by atoms with Gasteiger partial charge in [-0.05, 0) is 50.1 Å². The number of hydrogen-bond acceptors (Lipinski definition) is 2. The highest BCUT2D eigenvalue weighted by Crippen LogP contribution is 2.41. The van der Waals surface area contributed by atoms with E-state index in [1.165, 1.54) is 43.5 Å². The molecule has 0 aromatic heterocycles. The molecule has 0 bridgehead atoms. The molecule has 2 rings (SSSR count). The van der Waals surface area contributed by atoms with Gasteiger partial charge in [-0.3, -0.25) is 4.90 Å². The smallest absolute Gasteiger partial charge is 0.0499 e. The lowest BCUT2D eigenvalue weighted by atomic mass is 9.81. The molecule has 118 valence electrons. The van der Waals surface area contributed by atoms with Crippen LogP contribution in [0.4, 0.5) is 0 Å². The third-order valence-corrected chi connectivity index (χ3v) is 5.62. The minimum atomic E-state index is 0.219. The first-order valence-corrected chi connectivity index (χ1v) is 8.61. The van der Waals surface area contributed by atoms with Gasteiger partial charge in [-0.15, -0.1) is 0 Å². The molecule has 1 aliphatic heterocycles. The summed E-state index contributed by atoms with van der Waals surface area (Å²) in [5.41, 5.74) is 9.74. The van der Waals surface area contributed by atoms with Crippen LogP contribution in [-0.2, 0) is 0 Å². The highest BCUT2D eigenvalue weighted by atomic mass is 15.2. The second-order valence-electron chi connectivity index (χ2n) is 6.86. The Morgan fingerprint density at radius 3 is 2.48 bits per heavy atom. The van der Waals surface area contributed by atoms with Gasteiger partial charge in [-0.1, -0.05) is 50.6 Å². The standard InChI is InChI=1S/C19H32N2/c1-5-17(20)18(16-10-8-9-15(4)13-16)21-12-11-19(6-2,7-3)14-21/h8-10,13,17-18H,5-7,11-12,14,20H2,1-4H3. The molecule has 0 aliphatic carbocycles. The van der Waals surface area contributed by atoms with Crippen LogP contribution in [0.15, 0.2) is 24.3 Å². The average Bonchev–Trinajstić information content (AvgIpc) is 2.92. The lowest BCUT2D eigenvalue weighted by Gasteiger charge is -2.35. The van der Waals surface area contributed by atoms with E-state index >= 15 is 0 Å². The van der Waals surface area contributed by atoms with Gasteiger partial charge in [0.2, 0.25) is 0 Å². The Hall–Kier alpha value is -0.860. The predicted octanol–water partition coefficient (Wildman–Crippen LogP) is 4.29. The van der Waals surface area contributed by atoms with E-state index in [1.807, 2.05) is 0 Å². The SMILES string of the molecule is CCC(N)C(c1cccc(C)c1)N1CCC(CC)(CC)C1. The zero-order valence-corrected chi connectivity index (χ0v) is 14.2. The van der Waals surface area contributed by atoms with E-state index in [4.69, 9.17) is 5.73 Å². The van der Waals surface area contributed by atoms with E-state index in [0.29, 0.717) is 11.5 Å². The molecule has 1 aliphatic rings. The monoisotopic (exact) mass is 288 g/mol. The van der Waals surface area contributed by atoms with Crippen LogP contribution in [0.1, 0.15) is 63.6 Å². The van der Waals surface area contributed by atoms with Gasteiger partial charge in [-0.25, -0.2) is 0 Å². The Morgan fingerprint density at radius 2 is 1.95 bits per heavy atom. The van der Waals surface area contributed by atoms with E-state index < -0.39 is 0 Å². The van der Waals surface area contributed by atoms with Crippen LogP contribution in [-0.4, -0.2) is 24.0 Å². The maximum atomic E-state index is 6.51. The van der Waals surface area contributed by atoms with Crippen LogP contribution >= 0.6 is 0 Å². The van der Waals surface area contributed by atoms with Gasteiger partial charge in [0, 0.05) is 18.6 Å². The fourth-order valence-electron chi connectivity index (χ4n) is 3.84. The third kappa shape index (κ3) is 3.49. The number of nitrogens with zero attached hydrogens (tertiary/aromatic N) is 1. The summed E-state index contributed by atoms with van der Waals surface area (Å²) in [4.78, 5) is 2.65. The zero-order chi connectivity index (χ0) is 15.5. The van der Waals surface area contributed by atoms with Crippen LogP contribution in [0, 0.1) is 12.3 Å². The molecule has 2 atom stereocenters. The highest BCUT2D eigenvalue weighted by molar-refractivity contribution is 5.26. The van der Waals surface area contributed by atoms with E-state index in [-0.39, 0.29) is 6.04 Å². The molecule has 2 nitrogen and oxygen atoms in total. The molecule has 1 aromatic rings. The molecule has 1 fully saturated rings. The van der Waals surface area contributed by atoms with Crippen molar-refractivity contribution in [2.24, 2.45) is 11.1 Å². The maximum Gasteiger partial charge on any atom is 0.0499 e. The van der Waals surface area contributed by atoms with Crippen molar-refractivity contribution >= 4 is 0 Å². The molecule has 2 N–H and O–H groups in total. The van der Waals surface area contributed by atoms with Crippen molar-refractivity contribution in [3.8, 4) is 0 Å². The Bertz CT molecular complexity index is 451. The lowest BCUT2D eigenvalue weighted by Crippen LogP contribution is -2.40. The number of likely N-dealkylation sites (tertiary alicyclic amines) is 1. The van der Waals surface area contributed by atoms with Gasteiger partial charge in [0.05, 0.1) is 0 Å². The van der Waals surface area contributed by atoms with Crippen molar-refractivity contribution in [2.75, 3.05) is 13.1 Å². The van der Waals surface area contributed by atoms with Crippen LogP contribution in [0.3, 0.4) is 0 Å². The number of nitrogens with two attached hydrogens (primary N) is 1. The number of aryl methyl sites for hydroxylation is 1. The van der Waals surface area contributed by atoms with E-state index in [9.17, 15) is 0 Å². The van der Waals surface area contributed by atoms with Crippen LogP contribution < -0.4 is 5.73 Å². The molecule has 0 amide bonds. The van der Waals surface area contributed by atoms with Crippen molar-refractivity contribution in [3.63, 3.8) is 0 Å². The molecule has 2 unspecified atom stereocenters. The number of benzene rings is 1. The molecular weight excluding hydrogens is 256 g/mol.